The van der Waals surface area contributed by atoms with Gasteiger partial charge in [0.1, 0.15) is 0 Å². The Bertz CT molecular complexity index is 189. The number of hydrogen-bond donors (Lipinski definition) is 0. The summed E-state index contributed by atoms with van der Waals surface area (Å²) in [6.45, 7) is 13.5. The molecule has 13 heavy (non-hydrogen) atoms. The first kappa shape index (κ1) is 10.4. The maximum Gasteiger partial charge on any atom is 0.0896 e. The lowest BCUT2D eigenvalue weighted by molar-refractivity contribution is 0.186. The zero-order valence-electron chi connectivity index (χ0n) is 9.54. The first-order chi connectivity index (χ1) is 5.88. The molecule has 2 heteroatoms. The monoisotopic (exact) mass is 182 g/mol. The van der Waals surface area contributed by atoms with Crippen LogP contribution >= 0.6 is 0 Å². The van der Waals surface area contributed by atoms with E-state index in [4.69, 9.17) is 0 Å². The molecule has 76 valence electrons. The average molecular weight is 182 g/mol. The van der Waals surface area contributed by atoms with Crippen LogP contribution in [0.3, 0.4) is 0 Å². The van der Waals surface area contributed by atoms with Gasteiger partial charge < -0.3 is 9.80 Å². The van der Waals surface area contributed by atoms with Crippen LogP contribution in [0, 0.1) is 5.41 Å². The molecule has 0 aromatic carbocycles. The summed E-state index contributed by atoms with van der Waals surface area (Å²) in [6.07, 6.45) is 4.39. The van der Waals surface area contributed by atoms with Crippen molar-refractivity contribution in [2.45, 2.75) is 40.7 Å². The van der Waals surface area contributed by atoms with E-state index in [0.717, 1.165) is 13.2 Å². The highest BCUT2D eigenvalue weighted by Gasteiger charge is 2.19. The van der Waals surface area contributed by atoms with E-state index in [2.05, 4.69) is 56.8 Å². The molecule has 0 radical (unpaired) electrons. The summed E-state index contributed by atoms with van der Waals surface area (Å²) in [5, 5.41) is 0. The van der Waals surface area contributed by atoms with Crippen molar-refractivity contribution in [2.75, 3.05) is 13.2 Å². The predicted molar refractivity (Wildman–Crippen MR) is 57.1 cm³/mol. The third-order valence-electron chi connectivity index (χ3n) is 2.15. The molecule has 0 aromatic heterocycles. The van der Waals surface area contributed by atoms with Gasteiger partial charge >= 0.3 is 0 Å². The summed E-state index contributed by atoms with van der Waals surface area (Å²) in [5.41, 5.74) is 0.386. The van der Waals surface area contributed by atoms with Crippen molar-refractivity contribution < 1.29 is 0 Å². The number of hydrogen-bond acceptors (Lipinski definition) is 2. The molecule has 0 fully saturated rings. The van der Waals surface area contributed by atoms with Crippen LogP contribution in [0.2, 0.25) is 0 Å². The Hall–Kier alpha value is -0.660. The summed E-state index contributed by atoms with van der Waals surface area (Å²) in [5.74, 6) is 0. The van der Waals surface area contributed by atoms with Crippen LogP contribution in [0.25, 0.3) is 0 Å². The first-order valence-electron chi connectivity index (χ1n) is 5.06. The lowest BCUT2D eigenvalue weighted by Gasteiger charge is -2.29. The summed E-state index contributed by atoms with van der Waals surface area (Å²) in [6, 6.07) is 0.612. The molecule has 0 aliphatic carbocycles. The summed E-state index contributed by atoms with van der Waals surface area (Å²) in [7, 11) is 0. The number of rotatable bonds is 2. The van der Waals surface area contributed by atoms with Crippen LogP contribution in [-0.4, -0.2) is 29.1 Å². The molecule has 0 amide bonds. The van der Waals surface area contributed by atoms with Gasteiger partial charge in [0.25, 0.3) is 0 Å². The molecule has 1 rings (SSSR count). The molecule has 0 N–H and O–H groups in total. The fraction of sp³-hybridized carbons (Fsp3) is 0.818. The molecule has 1 heterocycles. The van der Waals surface area contributed by atoms with Gasteiger partial charge in [-0.05, 0) is 19.3 Å². The van der Waals surface area contributed by atoms with E-state index in [0.29, 0.717) is 11.5 Å². The summed E-state index contributed by atoms with van der Waals surface area (Å²) in [4.78, 5) is 4.73. The van der Waals surface area contributed by atoms with E-state index in [-0.39, 0.29) is 0 Å². The van der Waals surface area contributed by atoms with Gasteiger partial charge in [0.05, 0.1) is 6.67 Å². The van der Waals surface area contributed by atoms with Gasteiger partial charge in [-0.1, -0.05) is 20.8 Å². The third-order valence-corrected chi connectivity index (χ3v) is 2.15. The van der Waals surface area contributed by atoms with Crippen molar-refractivity contribution in [2.24, 2.45) is 5.41 Å². The van der Waals surface area contributed by atoms with Crippen LogP contribution in [0.4, 0.5) is 0 Å². The predicted octanol–water partition coefficient (Wildman–Crippen LogP) is 2.49. The normalized spacial score (nSPS) is 17.7. The maximum atomic E-state index is 2.38. The van der Waals surface area contributed by atoms with Gasteiger partial charge in [0.15, 0.2) is 0 Å². The van der Waals surface area contributed by atoms with Crippen molar-refractivity contribution in [1.82, 2.24) is 9.80 Å². The zero-order chi connectivity index (χ0) is 10.1. The molecule has 0 spiro atoms. The quantitative estimate of drug-likeness (QED) is 0.647. The van der Waals surface area contributed by atoms with Crippen molar-refractivity contribution >= 4 is 0 Å². The lowest BCUT2D eigenvalue weighted by atomic mass is 9.96. The molecule has 0 unspecified atom stereocenters. The fourth-order valence-electron chi connectivity index (χ4n) is 1.53. The minimum atomic E-state index is 0.386. The second-order valence-corrected chi connectivity index (χ2v) is 5.36. The van der Waals surface area contributed by atoms with E-state index in [9.17, 15) is 0 Å². The van der Waals surface area contributed by atoms with Gasteiger partial charge in [0.2, 0.25) is 0 Å². The molecule has 0 aromatic rings. The summed E-state index contributed by atoms with van der Waals surface area (Å²) < 4.78 is 0. The van der Waals surface area contributed by atoms with Crippen molar-refractivity contribution in [1.29, 1.82) is 0 Å². The van der Waals surface area contributed by atoms with Gasteiger partial charge in [-0.3, -0.25) is 0 Å². The highest BCUT2D eigenvalue weighted by Crippen LogP contribution is 2.19. The smallest absolute Gasteiger partial charge is 0.0896 e. The van der Waals surface area contributed by atoms with Crippen LogP contribution < -0.4 is 0 Å². The van der Waals surface area contributed by atoms with Crippen LogP contribution in [0.15, 0.2) is 12.4 Å². The highest BCUT2D eigenvalue weighted by molar-refractivity contribution is 4.93. The lowest BCUT2D eigenvalue weighted by Crippen LogP contribution is -2.34. The third kappa shape index (κ3) is 3.29. The van der Waals surface area contributed by atoms with Gasteiger partial charge in [-0.15, -0.1) is 0 Å². The average Bonchev–Trinajstić information content (AvgIpc) is 2.31. The Labute approximate surface area is 82.2 Å². The second kappa shape index (κ2) is 3.60. The van der Waals surface area contributed by atoms with Gasteiger partial charge in [-0.2, -0.15) is 0 Å². The van der Waals surface area contributed by atoms with E-state index < -0.39 is 0 Å². The minimum Gasteiger partial charge on any atom is -0.358 e. The van der Waals surface area contributed by atoms with E-state index in [1.165, 1.54) is 0 Å². The minimum absolute atomic E-state index is 0.386. The van der Waals surface area contributed by atoms with Crippen molar-refractivity contribution in [3.63, 3.8) is 0 Å². The molecule has 0 saturated heterocycles. The van der Waals surface area contributed by atoms with Crippen LogP contribution in [-0.2, 0) is 0 Å². The number of nitrogens with zero attached hydrogens (tertiary/aromatic N) is 2. The highest BCUT2D eigenvalue weighted by atomic mass is 15.3. The Morgan fingerprint density at radius 2 is 1.85 bits per heavy atom. The Balaban J connectivity index is 2.39. The first-order valence-corrected chi connectivity index (χ1v) is 5.06. The van der Waals surface area contributed by atoms with E-state index in [1.54, 1.807) is 0 Å². The molecular weight excluding hydrogens is 160 g/mol. The van der Waals surface area contributed by atoms with Crippen molar-refractivity contribution in [3.8, 4) is 0 Å². The summed E-state index contributed by atoms with van der Waals surface area (Å²) >= 11 is 0. The molecule has 2 nitrogen and oxygen atoms in total. The van der Waals surface area contributed by atoms with Crippen LogP contribution in [0.1, 0.15) is 34.6 Å². The topological polar surface area (TPSA) is 6.48 Å². The largest absolute Gasteiger partial charge is 0.358 e. The SMILES string of the molecule is CC(C)N1C=CN(CC(C)(C)C)C1. The zero-order valence-corrected chi connectivity index (χ0v) is 9.54. The Kier molecular flexibility index (Phi) is 2.89. The molecule has 1 aliphatic rings. The molecule has 0 saturated carbocycles. The van der Waals surface area contributed by atoms with Crippen LogP contribution in [0.5, 0.6) is 0 Å². The second-order valence-electron chi connectivity index (χ2n) is 5.36. The molecule has 0 bridgehead atoms. The maximum absolute atomic E-state index is 2.38. The fourth-order valence-corrected chi connectivity index (χ4v) is 1.53. The Morgan fingerprint density at radius 1 is 1.23 bits per heavy atom. The molecule has 0 atom stereocenters. The van der Waals surface area contributed by atoms with E-state index in [1.807, 2.05) is 0 Å². The molecular formula is C11H22N2. The Morgan fingerprint density at radius 3 is 2.23 bits per heavy atom. The molecule has 1 aliphatic heterocycles. The van der Waals surface area contributed by atoms with Crippen molar-refractivity contribution in [3.05, 3.63) is 12.4 Å². The standard InChI is InChI=1S/C11H22N2/c1-10(2)13-7-6-12(9-13)8-11(3,4)5/h6-7,10H,8-9H2,1-5H3. The van der Waals surface area contributed by atoms with E-state index >= 15 is 0 Å². The van der Waals surface area contributed by atoms with Gasteiger partial charge in [-0.25, -0.2) is 0 Å². The van der Waals surface area contributed by atoms with Gasteiger partial charge in [0, 0.05) is 25.0 Å².